The van der Waals surface area contributed by atoms with Crippen LogP contribution in [0.1, 0.15) is 0 Å². The molecule has 6 aromatic rings. The number of benzene rings is 6. The topological polar surface area (TPSA) is 114 Å². The van der Waals surface area contributed by atoms with Gasteiger partial charge in [0, 0.05) is 0 Å². The van der Waals surface area contributed by atoms with Crippen LogP contribution < -0.4 is 0 Å². The summed E-state index contributed by atoms with van der Waals surface area (Å²) in [4.78, 5) is -0.323. The predicted octanol–water partition coefficient (Wildman–Crippen LogP) is 5.41. The summed E-state index contributed by atoms with van der Waals surface area (Å²) in [5.41, 5.74) is 0. The fraction of sp³-hybridized carbons (Fsp3) is 0. The molecule has 0 bridgehead atoms. The third-order valence-electron chi connectivity index (χ3n) is 5.95. The van der Waals surface area contributed by atoms with Gasteiger partial charge in [-0.15, -0.1) is 0 Å². The second-order valence-electron chi connectivity index (χ2n) is 8.26. The SMILES string of the molecule is O=S(=O)([O-])c1cccc2cc3ccccc3cc12.O=S(=O)([O-])c1cccc2cc3ccccc3cc12.[Ba+2]. The Kier molecular flexibility index (Phi) is 8.15. The summed E-state index contributed by atoms with van der Waals surface area (Å²) in [5.74, 6) is 0. The smallest absolute Gasteiger partial charge is 0.744 e. The fourth-order valence-electron chi connectivity index (χ4n) is 4.31. The summed E-state index contributed by atoms with van der Waals surface area (Å²) in [5, 5.41) is 6.34. The number of hydrogen-bond acceptors (Lipinski definition) is 6. The van der Waals surface area contributed by atoms with Gasteiger partial charge in [-0.2, -0.15) is 0 Å². The Morgan fingerprint density at radius 1 is 0.405 bits per heavy atom. The molecule has 0 amide bonds. The van der Waals surface area contributed by atoms with Crippen LogP contribution in [0.2, 0.25) is 0 Å². The van der Waals surface area contributed by atoms with Gasteiger partial charge in [0.25, 0.3) is 0 Å². The molecule has 0 unspecified atom stereocenters. The first-order valence-corrected chi connectivity index (χ1v) is 13.7. The molecule has 0 spiro atoms. The molecule has 0 heterocycles. The number of rotatable bonds is 2. The second-order valence-corrected chi connectivity index (χ2v) is 11.0. The van der Waals surface area contributed by atoms with Gasteiger partial charge < -0.3 is 9.11 Å². The Hall–Kier alpha value is -2.25. The summed E-state index contributed by atoms with van der Waals surface area (Å²) in [6, 6.07) is 32.0. The van der Waals surface area contributed by atoms with E-state index in [1.54, 1.807) is 36.4 Å². The van der Waals surface area contributed by atoms with Gasteiger partial charge in [-0.05, 0) is 79.5 Å². The summed E-state index contributed by atoms with van der Waals surface area (Å²) >= 11 is 0. The van der Waals surface area contributed by atoms with Crippen LogP contribution in [0.25, 0.3) is 43.1 Å². The molecule has 0 aliphatic heterocycles. The molecule has 0 saturated carbocycles. The first-order valence-electron chi connectivity index (χ1n) is 10.9. The number of fused-ring (bicyclic) bond motifs is 4. The van der Waals surface area contributed by atoms with Crippen molar-refractivity contribution in [1.29, 1.82) is 0 Å². The standard InChI is InChI=1S/2C14H10O3S.Ba/c2*15-18(16,17)14-7-3-6-12-8-10-4-1-2-5-11(10)9-13(12)14;/h2*1-9H,(H,15,16,17);/q;;+2/p-2. The van der Waals surface area contributed by atoms with E-state index in [4.69, 9.17) is 0 Å². The van der Waals surface area contributed by atoms with Crippen molar-refractivity contribution < 1.29 is 25.9 Å². The van der Waals surface area contributed by atoms with E-state index in [0.717, 1.165) is 32.3 Å². The van der Waals surface area contributed by atoms with E-state index < -0.39 is 20.2 Å². The molecule has 9 heteroatoms. The first-order chi connectivity index (χ1) is 17.1. The summed E-state index contributed by atoms with van der Waals surface area (Å²) in [6.45, 7) is 0. The average Bonchev–Trinajstić information content (AvgIpc) is 2.84. The normalized spacial score (nSPS) is 11.7. The zero-order valence-corrected chi connectivity index (χ0v) is 25.4. The maximum Gasteiger partial charge on any atom is 2.00 e. The molecule has 6 rings (SSSR count). The zero-order valence-electron chi connectivity index (χ0n) is 19.4. The summed E-state index contributed by atoms with van der Waals surface area (Å²) in [7, 11) is -8.90. The minimum absolute atomic E-state index is 0. The van der Waals surface area contributed by atoms with Crippen LogP contribution in [0.3, 0.4) is 0 Å². The van der Waals surface area contributed by atoms with Crippen molar-refractivity contribution in [1.82, 2.24) is 0 Å². The van der Waals surface area contributed by atoms with Crippen molar-refractivity contribution in [2.75, 3.05) is 0 Å². The zero-order chi connectivity index (χ0) is 25.5. The van der Waals surface area contributed by atoms with Crippen molar-refractivity contribution >= 4 is 112 Å². The van der Waals surface area contributed by atoms with E-state index in [1.807, 2.05) is 60.7 Å². The Bertz CT molecular complexity index is 1860. The van der Waals surface area contributed by atoms with E-state index >= 15 is 0 Å². The van der Waals surface area contributed by atoms with Crippen LogP contribution in [-0.2, 0) is 20.2 Å². The first kappa shape index (κ1) is 27.8. The molecule has 0 aliphatic carbocycles. The molecule has 37 heavy (non-hydrogen) atoms. The Morgan fingerprint density at radius 3 is 1.03 bits per heavy atom. The van der Waals surface area contributed by atoms with Gasteiger partial charge in [0.1, 0.15) is 20.2 Å². The molecule has 0 saturated heterocycles. The largest absolute Gasteiger partial charge is 2.00 e. The molecule has 0 fully saturated rings. The molecule has 6 aromatic carbocycles. The Morgan fingerprint density at radius 2 is 0.703 bits per heavy atom. The van der Waals surface area contributed by atoms with Crippen LogP contribution in [0.4, 0.5) is 0 Å². The van der Waals surface area contributed by atoms with Crippen LogP contribution in [0, 0.1) is 0 Å². The van der Waals surface area contributed by atoms with Gasteiger partial charge in [-0.3, -0.25) is 0 Å². The van der Waals surface area contributed by atoms with Crippen molar-refractivity contribution in [3.05, 3.63) is 109 Å². The Balaban J connectivity index is 0.000000168. The van der Waals surface area contributed by atoms with Gasteiger partial charge in [-0.1, -0.05) is 72.8 Å². The van der Waals surface area contributed by atoms with Crippen molar-refractivity contribution in [2.45, 2.75) is 9.79 Å². The van der Waals surface area contributed by atoms with E-state index in [-0.39, 0.29) is 58.7 Å². The maximum absolute atomic E-state index is 11.2. The maximum atomic E-state index is 11.2. The van der Waals surface area contributed by atoms with Gasteiger partial charge in [0.15, 0.2) is 0 Å². The molecule has 6 nitrogen and oxygen atoms in total. The minimum Gasteiger partial charge on any atom is -0.744 e. The van der Waals surface area contributed by atoms with Crippen molar-refractivity contribution in [3.63, 3.8) is 0 Å². The summed E-state index contributed by atoms with van der Waals surface area (Å²) < 4.78 is 67.4. The third-order valence-corrected chi connectivity index (χ3v) is 7.74. The van der Waals surface area contributed by atoms with E-state index in [9.17, 15) is 25.9 Å². The Labute approximate surface area is 254 Å². The van der Waals surface area contributed by atoms with Crippen LogP contribution in [0.15, 0.2) is 119 Å². The number of hydrogen-bond donors (Lipinski definition) is 0. The van der Waals surface area contributed by atoms with Crippen molar-refractivity contribution in [3.8, 4) is 0 Å². The summed E-state index contributed by atoms with van der Waals surface area (Å²) in [6.07, 6.45) is 0. The third kappa shape index (κ3) is 5.93. The molecule has 0 aromatic heterocycles. The molecule has 180 valence electrons. The van der Waals surface area contributed by atoms with Gasteiger partial charge in [-0.25, -0.2) is 16.8 Å². The molecule has 0 radical (unpaired) electrons. The van der Waals surface area contributed by atoms with Gasteiger partial charge in [0.2, 0.25) is 0 Å². The fourth-order valence-corrected chi connectivity index (χ4v) is 5.69. The molecule has 0 N–H and O–H groups in total. The van der Waals surface area contributed by atoms with Gasteiger partial charge >= 0.3 is 48.9 Å². The molecule has 0 aliphatic rings. The molecular weight excluding hydrogens is 634 g/mol. The average molecular weight is 652 g/mol. The van der Waals surface area contributed by atoms with Crippen LogP contribution >= 0.6 is 0 Å². The quantitative estimate of drug-likeness (QED) is 0.141. The van der Waals surface area contributed by atoms with Crippen LogP contribution in [0.5, 0.6) is 0 Å². The van der Waals surface area contributed by atoms with Crippen molar-refractivity contribution in [2.24, 2.45) is 0 Å². The van der Waals surface area contributed by atoms with Crippen LogP contribution in [-0.4, -0.2) is 74.8 Å². The van der Waals surface area contributed by atoms with E-state index in [0.29, 0.717) is 10.8 Å². The molecular formula is C28H18BaO6S2. The van der Waals surface area contributed by atoms with E-state index in [1.165, 1.54) is 12.1 Å². The minimum atomic E-state index is -4.45. The van der Waals surface area contributed by atoms with E-state index in [2.05, 4.69) is 0 Å². The monoisotopic (exact) mass is 652 g/mol. The second kappa shape index (κ2) is 10.9. The predicted molar refractivity (Wildman–Crippen MR) is 145 cm³/mol. The van der Waals surface area contributed by atoms with Gasteiger partial charge in [0.05, 0.1) is 9.79 Å². The molecule has 0 atom stereocenters.